The van der Waals surface area contributed by atoms with Gasteiger partial charge in [0.1, 0.15) is 24.7 Å². The molecule has 6 rings (SSSR count). The molecule has 2 aliphatic rings. The number of hydrogen-bond donors (Lipinski definition) is 1. The zero-order valence-electron chi connectivity index (χ0n) is 21.8. The average molecular weight is 505 g/mol. The van der Waals surface area contributed by atoms with Crippen LogP contribution in [0.4, 0.5) is 0 Å². The predicted molar refractivity (Wildman–Crippen MR) is 152 cm³/mol. The van der Waals surface area contributed by atoms with Crippen molar-refractivity contribution >= 4 is 0 Å². The first kappa shape index (κ1) is 24.8. The Hall–Kier alpha value is -3.56. The Labute approximate surface area is 226 Å². The van der Waals surface area contributed by atoms with E-state index in [0.717, 1.165) is 17.1 Å². The second-order valence-corrected chi connectivity index (χ2v) is 10.8. The smallest absolute Gasteiger partial charge is 0.120 e. The summed E-state index contributed by atoms with van der Waals surface area (Å²) in [4.78, 5) is 0. The van der Waals surface area contributed by atoms with Crippen molar-refractivity contribution in [2.24, 2.45) is 5.92 Å². The zero-order valence-corrected chi connectivity index (χ0v) is 21.8. The van der Waals surface area contributed by atoms with Crippen molar-refractivity contribution in [1.29, 1.82) is 0 Å². The van der Waals surface area contributed by atoms with Crippen LogP contribution >= 0.6 is 0 Å². The summed E-state index contributed by atoms with van der Waals surface area (Å²) in [5, 5.41) is 10.7. The van der Waals surface area contributed by atoms with Crippen LogP contribution in [0.1, 0.15) is 71.3 Å². The van der Waals surface area contributed by atoms with Gasteiger partial charge in [-0.05, 0) is 82.7 Å². The molecule has 0 heterocycles. The Morgan fingerprint density at radius 3 is 1.89 bits per heavy atom. The summed E-state index contributed by atoms with van der Waals surface area (Å²) in [5.41, 5.74) is 6.32. The molecule has 0 aromatic heterocycles. The number of hydrogen-bond acceptors (Lipinski definition) is 3. The molecule has 3 nitrogen and oxygen atoms in total. The van der Waals surface area contributed by atoms with Crippen molar-refractivity contribution in [3.05, 3.63) is 131 Å². The van der Waals surface area contributed by atoms with Crippen LogP contribution in [0.5, 0.6) is 11.5 Å². The molecule has 0 amide bonds. The molecule has 38 heavy (non-hydrogen) atoms. The molecule has 1 N–H and O–H groups in total. The van der Waals surface area contributed by atoms with Crippen molar-refractivity contribution < 1.29 is 14.6 Å². The summed E-state index contributed by atoms with van der Waals surface area (Å²) < 4.78 is 12.3. The lowest BCUT2D eigenvalue weighted by Crippen LogP contribution is -2.35. The van der Waals surface area contributed by atoms with Gasteiger partial charge in [0, 0.05) is 5.92 Å². The van der Waals surface area contributed by atoms with Gasteiger partial charge < -0.3 is 14.6 Å². The van der Waals surface area contributed by atoms with E-state index in [2.05, 4.69) is 66.7 Å². The lowest BCUT2D eigenvalue weighted by molar-refractivity contribution is 0.167. The topological polar surface area (TPSA) is 38.7 Å². The van der Waals surface area contributed by atoms with Gasteiger partial charge in [-0.2, -0.15) is 0 Å². The van der Waals surface area contributed by atoms with E-state index < -0.39 is 0 Å². The minimum Gasteiger partial charge on any atom is -0.489 e. The lowest BCUT2D eigenvalue weighted by Gasteiger charge is -2.47. The molecular formula is C35H36O3. The minimum atomic E-state index is 0.0867. The molecule has 194 valence electrons. The normalized spacial score (nSPS) is 22.2. The van der Waals surface area contributed by atoms with E-state index in [0.29, 0.717) is 31.0 Å². The molecule has 0 spiro atoms. The Morgan fingerprint density at radius 1 is 0.632 bits per heavy atom. The van der Waals surface area contributed by atoms with Gasteiger partial charge in [-0.3, -0.25) is 0 Å². The number of rotatable bonds is 8. The van der Waals surface area contributed by atoms with Crippen LogP contribution in [0.15, 0.2) is 103 Å². The SMILES string of the molecule is OC[C@H]1c2ccc(OCc3ccccc3)cc2[C@@H]2CCCC[C@@H]2[C@@H]1c1ccc(OCc2ccccc2)cc1. The van der Waals surface area contributed by atoms with E-state index in [9.17, 15) is 5.11 Å². The van der Waals surface area contributed by atoms with Gasteiger partial charge in [-0.25, -0.2) is 0 Å². The molecule has 2 aliphatic carbocycles. The number of fused-ring (bicyclic) bond motifs is 3. The summed E-state index contributed by atoms with van der Waals surface area (Å²) >= 11 is 0. The van der Waals surface area contributed by atoms with Crippen LogP contribution in [0.2, 0.25) is 0 Å². The quantitative estimate of drug-likeness (QED) is 0.264. The molecule has 0 saturated heterocycles. The second kappa shape index (κ2) is 11.4. The number of aliphatic hydroxyl groups excluding tert-OH is 1. The van der Waals surface area contributed by atoms with E-state index in [1.165, 1.54) is 47.9 Å². The molecule has 4 atom stereocenters. The third-order valence-electron chi connectivity index (χ3n) is 8.53. The maximum absolute atomic E-state index is 10.7. The zero-order chi connectivity index (χ0) is 25.7. The lowest BCUT2D eigenvalue weighted by atomic mass is 9.58. The minimum absolute atomic E-state index is 0.0867. The number of ether oxygens (including phenoxy) is 2. The van der Waals surface area contributed by atoms with Gasteiger partial charge in [-0.15, -0.1) is 0 Å². The van der Waals surface area contributed by atoms with Gasteiger partial charge in [0.2, 0.25) is 0 Å². The molecule has 3 heteroatoms. The van der Waals surface area contributed by atoms with Crippen LogP contribution in [0, 0.1) is 5.92 Å². The highest BCUT2D eigenvalue weighted by Gasteiger charge is 2.44. The molecule has 0 radical (unpaired) electrons. The molecular weight excluding hydrogens is 468 g/mol. The maximum Gasteiger partial charge on any atom is 0.120 e. The first-order valence-electron chi connectivity index (χ1n) is 14.0. The van der Waals surface area contributed by atoms with E-state index in [1.54, 1.807) is 0 Å². The summed E-state index contributed by atoms with van der Waals surface area (Å²) in [6, 6.07) is 35.8. The van der Waals surface area contributed by atoms with Gasteiger partial charge in [-0.1, -0.05) is 91.7 Å². The van der Waals surface area contributed by atoms with Gasteiger partial charge >= 0.3 is 0 Å². The Kier molecular flexibility index (Phi) is 7.46. The largest absolute Gasteiger partial charge is 0.489 e. The van der Waals surface area contributed by atoms with E-state index in [-0.39, 0.29) is 12.5 Å². The summed E-state index contributed by atoms with van der Waals surface area (Å²) in [5.74, 6) is 3.22. The van der Waals surface area contributed by atoms with Gasteiger partial charge in [0.15, 0.2) is 0 Å². The van der Waals surface area contributed by atoms with Crippen LogP contribution in [0.25, 0.3) is 0 Å². The molecule has 4 aromatic carbocycles. The average Bonchev–Trinajstić information content (AvgIpc) is 2.99. The summed E-state index contributed by atoms with van der Waals surface area (Å²) in [6.45, 7) is 1.28. The summed E-state index contributed by atoms with van der Waals surface area (Å²) in [7, 11) is 0. The molecule has 0 bridgehead atoms. The number of benzene rings is 4. The number of aliphatic hydroxyl groups is 1. The molecule has 1 saturated carbocycles. The Morgan fingerprint density at radius 2 is 1.24 bits per heavy atom. The summed E-state index contributed by atoms with van der Waals surface area (Å²) in [6.07, 6.45) is 4.92. The monoisotopic (exact) mass is 504 g/mol. The highest BCUT2D eigenvalue weighted by atomic mass is 16.5. The van der Waals surface area contributed by atoms with Crippen molar-refractivity contribution in [3.63, 3.8) is 0 Å². The van der Waals surface area contributed by atoms with Crippen molar-refractivity contribution in [2.45, 2.75) is 56.7 Å². The fraction of sp³-hybridized carbons (Fsp3) is 0.314. The highest BCUT2D eigenvalue weighted by molar-refractivity contribution is 5.46. The standard InChI is InChI=1S/C35H36O3/c36-22-34-31-20-19-29(38-24-26-11-5-2-6-12-26)21-33(31)30-13-7-8-14-32(30)35(34)27-15-17-28(18-16-27)37-23-25-9-3-1-4-10-25/h1-6,9-12,15-21,30,32,34-36H,7-8,13-14,22-24H2/t30-,32+,34+,35+/m1/s1. The van der Waals surface area contributed by atoms with Crippen LogP contribution in [-0.4, -0.2) is 11.7 Å². The maximum atomic E-state index is 10.7. The molecule has 1 fully saturated rings. The highest BCUT2D eigenvalue weighted by Crippen LogP contribution is 2.56. The van der Waals surface area contributed by atoms with Crippen LogP contribution < -0.4 is 9.47 Å². The Bertz CT molecular complexity index is 1320. The predicted octanol–water partition coefficient (Wildman–Crippen LogP) is 7.99. The van der Waals surface area contributed by atoms with E-state index >= 15 is 0 Å². The third-order valence-corrected chi connectivity index (χ3v) is 8.53. The fourth-order valence-corrected chi connectivity index (χ4v) is 6.73. The first-order valence-corrected chi connectivity index (χ1v) is 14.0. The fourth-order valence-electron chi connectivity index (χ4n) is 6.73. The molecule has 4 aromatic rings. The first-order chi connectivity index (χ1) is 18.8. The van der Waals surface area contributed by atoms with Gasteiger partial charge in [0.25, 0.3) is 0 Å². The van der Waals surface area contributed by atoms with Crippen LogP contribution in [0.3, 0.4) is 0 Å². The van der Waals surface area contributed by atoms with Gasteiger partial charge in [0.05, 0.1) is 6.61 Å². The third kappa shape index (κ3) is 5.21. The second-order valence-electron chi connectivity index (χ2n) is 10.8. The van der Waals surface area contributed by atoms with E-state index in [1.807, 2.05) is 36.4 Å². The Balaban J connectivity index is 1.24. The van der Waals surface area contributed by atoms with Crippen molar-refractivity contribution in [2.75, 3.05) is 6.61 Å². The van der Waals surface area contributed by atoms with E-state index in [4.69, 9.17) is 9.47 Å². The van der Waals surface area contributed by atoms with Crippen LogP contribution in [-0.2, 0) is 13.2 Å². The molecule has 0 aliphatic heterocycles. The molecule has 0 unspecified atom stereocenters. The van der Waals surface area contributed by atoms with Crippen molar-refractivity contribution in [3.8, 4) is 11.5 Å². The van der Waals surface area contributed by atoms with Crippen molar-refractivity contribution in [1.82, 2.24) is 0 Å².